The number of ether oxygens (including phenoxy) is 1. The van der Waals surface area contributed by atoms with Crippen molar-refractivity contribution in [3.05, 3.63) is 41.5 Å². The van der Waals surface area contributed by atoms with Crippen LogP contribution in [0.4, 0.5) is 23.2 Å². The Balaban J connectivity index is 1.53. The number of hydrogen-bond acceptors (Lipinski definition) is 6. The van der Waals surface area contributed by atoms with Crippen LogP contribution >= 0.6 is 0 Å². The van der Waals surface area contributed by atoms with Gasteiger partial charge in [0, 0.05) is 44.0 Å². The van der Waals surface area contributed by atoms with E-state index in [0.29, 0.717) is 12.5 Å². The van der Waals surface area contributed by atoms with E-state index in [9.17, 15) is 40.4 Å². The Kier molecular flexibility index (Phi) is 7.86. The minimum Gasteiger partial charge on any atom is -0.489 e. The molecule has 11 nitrogen and oxygen atoms in total. The highest BCUT2D eigenvalue weighted by Gasteiger charge is 2.42. The average molecular weight is 590 g/mol. The predicted molar refractivity (Wildman–Crippen MR) is 132 cm³/mol. The monoisotopic (exact) mass is 589 g/mol. The van der Waals surface area contributed by atoms with Crippen LogP contribution in [0.5, 0.6) is 5.75 Å². The first kappa shape index (κ1) is 29.3. The lowest BCUT2D eigenvalue weighted by Crippen LogP contribution is -2.58. The molecule has 0 spiro atoms. The van der Waals surface area contributed by atoms with Gasteiger partial charge in [-0.15, -0.1) is 0 Å². The summed E-state index contributed by atoms with van der Waals surface area (Å²) in [6.45, 7) is 1.86. The van der Waals surface area contributed by atoms with E-state index in [0.717, 1.165) is 4.90 Å². The zero-order valence-electron chi connectivity index (χ0n) is 21.6. The third-order valence-electron chi connectivity index (χ3n) is 6.85. The molecule has 3 heterocycles. The number of likely N-dealkylation sites (tertiary alicyclic amines) is 1. The van der Waals surface area contributed by atoms with Gasteiger partial charge in [-0.25, -0.2) is 17.5 Å². The van der Waals surface area contributed by atoms with E-state index in [1.54, 1.807) is 5.32 Å². The molecule has 1 fully saturated rings. The normalized spacial score (nSPS) is 21.1. The highest BCUT2D eigenvalue weighted by Crippen LogP contribution is 2.35. The Labute approximate surface area is 226 Å². The van der Waals surface area contributed by atoms with Gasteiger partial charge < -0.3 is 24.8 Å². The van der Waals surface area contributed by atoms with E-state index in [1.165, 1.54) is 42.9 Å². The van der Waals surface area contributed by atoms with Gasteiger partial charge in [-0.3, -0.25) is 14.4 Å². The van der Waals surface area contributed by atoms with E-state index in [4.69, 9.17) is 4.74 Å². The molecule has 0 saturated carbocycles. The van der Waals surface area contributed by atoms with Gasteiger partial charge in [0.25, 0.3) is 5.91 Å². The molecule has 1 aromatic carbocycles. The summed E-state index contributed by atoms with van der Waals surface area (Å²) < 4.78 is 88.2. The molecule has 3 N–H and O–H groups in total. The molecule has 2 aromatic rings. The number of aryl methyl sites for hydroxylation is 2. The number of sulfonamides is 1. The summed E-state index contributed by atoms with van der Waals surface area (Å²) >= 11 is 0. The predicted octanol–water partition coefficient (Wildman–Crippen LogP) is 1.68. The smallest absolute Gasteiger partial charge is 0.408 e. The quantitative estimate of drug-likeness (QED) is 0.368. The van der Waals surface area contributed by atoms with Crippen molar-refractivity contribution >= 4 is 33.4 Å². The van der Waals surface area contributed by atoms with Crippen molar-refractivity contribution in [3.63, 3.8) is 0 Å². The first-order valence-electron chi connectivity index (χ1n) is 12.2. The van der Waals surface area contributed by atoms with Crippen LogP contribution in [0.15, 0.2) is 29.3 Å². The molecule has 0 aliphatic carbocycles. The largest absolute Gasteiger partial charge is 0.489 e. The molecule has 40 heavy (non-hydrogen) atoms. The lowest BCUT2D eigenvalue weighted by Gasteiger charge is -2.39. The van der Waals surface area contributed by atoms with E-state index in [2.05, 4.69) is 10.0 Å². The fourth-order valence-electron chi connectivity index (χ4n) is 4.54. The number of nitrogens with zero attached hydrogens (tertiary/aromatic N) is 2. The second kappa shape index (κ2) is 10.7. The van der Waals surface area contributed by atoms with Crippen LogP contribution in [0.1, 0.15) is 29.4 Å². The average Bonchev–Trinajstić information content (AvgIpc) is 3.20. The fourth-order valence-corrected chi connectivity index (χ4v) is 6.03. The van der Waals surface area contributed by atoms with Crippen LogP contribution in [0, 0.1) is 18.7 Å². The Bertz CT molecular complexity index is 1460. The van der Waals surface area contributed by atoms with Crippen molar-refractivity contribution in [2.75, 3.05) is 25.0 Å². The number of anilines is 1. The fraction of sp³-hybridized carbons (Fsp3) is 0.458. The van der Waals surface area contributed by atoms with Gasteiger partial charge in [-0.1, -0.05) is 0 Å². The van der Waals surface area contributed by atoms with Crippen LogP contribution in [-0.4, -0.2) is 73.6 Å². The number of nitrogens with one attached hydrogen (secondary N) is 3. The molecule has 218 valence electrons. The number of halogens is 4. The number of fused-ring (bicyclic) bond motifs is 2. The minimum atomic E-state index is -4.74. The van der Waals surface area contributed by atoms with Crippen LogP contribution in [0.25, 0.3) is 0 Å². The highest BCUT2D eigenvalue weighted by molar-refractivity contribution is 7.89. The molecular weight excluding hydrogens is 562 g/mol. The maximum atomic E-state index is 13.6. The molecule has 4 rings (SSSR count). The van der Waals surface area contributed by atoms with Gasteiger partial charge >= 0.3 is 18.0 Å². The number of piperidine rings is 1. The number of hydrogen-bond donors (Lipinski definition) is 3. The summed E-state index contributed by atoms with van der Waals surface area (Å²) in [5.74, 6) is -4.50. The molecule has 0 radical (unpaired) electrons. The van der Waals surface area contributed by atoms with Crippen molar-refractivity contribution < 1.29 is 45.1 Å². The Hall–Kier alpha value is -3.66. The van der Waals surface area contributed by atoms with Gasteiger partial charge in [-0.2, -0.15) is 13.2 Å². The van der Waals surface area contributed by atoms with E-state index >= 15 is 0 Å². The SMILES string of the molecule is Cc1cc(NC(=O)c2c3c(cn2C)S(=O)(=O)NC2CN(C(=O)C(=O)N[C@@H](C)C(F)(F)F)CCC2CO3)ccc1F. The van der Waals surface area contributed by atoms with Crippen LogP contribution in [0.2, 0.25) is 0 Å². The van der Waals surface area contributed by atoms with Crippen LogP contribution in [0.3, 0.4) is 0 Å². The molecule has 3 amide bonds. The zero-order valence-corrected chi connectivity index (χ0v) is 22.5. The molecule has 2 aliphatic rings. The standard InChI is InChI=1S/C24H27F4N5O6S/c1-12-8-15(4-5-16(12)25)30-21(34)19-20-18(10-32(19)3)40(37,38)31-17-9-33(7-6-14(17)11-39-20)23(36)22(35)29-13(2)24(26,27)28/h4-5,8,10,13-14,17,31H,6-7,9,11H2,1-3H3,(H,29,35)(H,30,34)/t13-,14?,17?/m0/s1. The maximum absolute atomic E-state index is 13.6. The summed E-state index contributed by atoms with van der Waals surface area (Å²) in [6, 6.07) is 0.801. The van der Waals surface area contributed by atoms with Crippen LogP contribution < -0.4 is 20.1 Å². The van der Waals surface area contributed by atoms with Crippen molar-refractivity contribution in [2.24, 2.45) is 13.0 Å². The molecule has 2 aliphatic heterocycles. The second-order valence-electron chi connectivity index (χ2n) is 9.78. The number of aromatic nitrogens is 1. The Morgan fingerprint density at radius 1 is 1.23 bits per heavy atom. The van der Waals surface area contributed by atoms with Gasteiger partial charge in [0.05, 0.1) is 6.61 Å². The number of rotatable bonds is 3. The minimum absolute atomic E-state index is 0.0299. The summed E-state index contributed by atoms with van der Waals surface area (Å²) in [7, 11) is -2.87. The van der Waals surface area contributed by atoms with Crippen molar-refractivity contribution in [2.45, 2.75) is 43.4 Å². The highest BCUT2D eigenvalue weighted by atomic mass is 32.2. The molecule has 0 bridgehead atoms. The van der Waals surface area contributed by atoms with Crippen molar-refractivity contribution in [1.29, 1.82) is 0 Å². The Morgan fingerprint density at radius 2 is 1.93 bits per heavy atom. The number of carbonyl (C=O) groups is 3. The van der Waals surface area contributed by atoms with Crippen molar-refractivity contribution in [1.82, 2.24) is 19.5 Å². The van der Waals surface area contributed by atoms with Gasteiger partial charge in [0.15, 0.2) is 11.4 Å². The molecule has 1 saturated heterocycles. The zero-order chi connectivity index (χ0) is 29.6. The molecule has 16 heteroatoms. The summed E-state index contributed by atoms with van der Waals surface area (Å²) in [5, 5.41) is 4.21. The lowest BCUT2D eigenvalue weighted by molar-refractivity contribution is -0.162. The van der Waals surface area contributed by atoms with E-state index < -0.39 is 57.7 Å². The summed E-state index contributed by atoms with van der Waals surface area (Å²) in [4.78, 5) is 38.4. The third-order valence-corrected chi connectivity index (χ3v) is 8.33. The third kappa shape index (κ3) is 5.91. The lowest BCUT2D eigenvalue weighted by atomic mass is 9.93. The number of carbonyl (C=O) groups excluding carboxylic acids is 3. The molecular formula is C24H27F4N5O6S. The van der Waals surface area contributed by atoms with Gasteiger partial charge in [0.1, 0.15) is 16.8 Å². The first-order chi connectivity index (χ1) is 18.6. The van der Waals surface area contributed by atoms with E-state index in [1.807, 2.05) is 0 Å². The molecule has 3 atom stereocenters. The first-order valence-corrected chi connectivity index (χ1v) is 13.6. The van der Waals surface area contributed by atoms with Gasteiger partial charge in [-0.05, 0) is 44.0 Å². The van der Waals surface area contributed by atoms with E-state index in [-0.39, 0.29) is 48.1 Å². The molecule has 2 unspecified atom stereocenters. The maximum Gasteiger partial charge on any atom is 0.408 e. The summed E-state index contributed by atoms with van der Waals surface area (Å²) in [6.07, 6.45) is -3.39. The second-order valence-corrected chi connectivity index (χ2v) is 11.5. The van der Waals surface area contributed by atoms with Gasteiger partial charge in [0.2, 0.25) is 10.0 Å². The van der Waals surface area contributed by atoms with Crippen LogP contribution in [-0.2, 0) is 26.7 Å². The molecule has 1 aromatic heterocycles. The summed E-state index contributed by atoms with van der Waals surface area (Å²) in [5.41, 5.74) is 0.492. The Morgan fingerprint density at radius 3 is 2.58 bits per heavy atom. The van der Waals surface area contributed by atoms with Crippen molar-refractivity contribution in [3.8, 4) is 5.75 Å². The number of benzene rings is 1. The number of alkyl halides is 3. The topological polar surface area (TPSA) is 139 Å². The number of amides is 3.